The average molecular weight is 486 g/mol. The molecule has 2 nitrogen and oxygen atoms in total. The SMILES string of the molecule is C=CSc1ccc(-c2nccc3sc4cc5c(CC(C)C)c(C)oc5cc4c23)cc1C(C)(C)C. The van der Waals surface area contributed by atoms with Crippen LogP contribution in [0.2, 0.25) is 0 Å². The molecule has 0 aliphatic rings. The molecule has 0 N–H and O–H groups in total. The summed E-state index contributed by atoms with van der Waals surface area (Å²) in [5.74, 6) is 1.63. The second-order valence-corrected chi connectivity index (χ2v) is 12.6. The second-order valence-electron chi connectivity index (χ2n) is 10.5. The van der Waals surface area contributed by atoms with E-state index in [0.717, 1.165) is 29.0 Å². The van der Waals surface area contributed by atoms with Gasteiger partial charge in [0.25, 0.3) is 0 Å². The highest BCUT2D eigenvalue weighted by Gasteiger charge is 2.21. The Hall–Kier alpha value is -2.56. The smallest absolute Gasteiger partial charge is 0.135 e. The molecule has 174 valence electrons. The molecule has 4 heteroatoms. The molecule has 0 amide bonds. The number of aryl methyl sites for hydroxylation is 1. The Bertz CT molecular complexity index is 1550. The highest BCUT2D eigenvalue weighted by atomic mass is 32.2. The molecule has 3 heterocycles. The number of benzene rings is 2. The van der Waals surface area contributed by atoms with E-state index >= 15 is 0 Å². The summed E-state index contributed by atoms with van der Waals surface area (Å²) >= 11 is 3.53. The minimum Gasteiger partial charge on any atom is -0.461 e. The Labute approximate surface area is 210 Å². The third-order valence-electron chi connectivity index (χ3n) is 6.38. The zero-order valence-electron chi connectivity index (χ0n) is 20.8. The predicted octanol–water partition coefficient (Wildman–Crippen LogP) is 9.90. The van der Waals surface area contributed by atoms with Crippen molar-refractivity contribution >= 4 is 54.2 Å². The summed E-state index contributed by atoms with van der Waals surface area (Å²) in [5.41, 5.74) is 5.84. The molecule has 5 rings (SSSR count). The van der Waals surface area contributed by atoms with Gasteiger partial charge in [-0.1, -0.05) is 59.0 Å². The third-order valence-corrected chi connectivity index (χ3v) is 8.28. The van der Waals surface area contributed by atoms with E-state index in [9.17, 15) is 0 Å². The minimum atomic E-state index is 0.0244. The summed E-state index contributed by atoms with van der Waals surface area (Å²) in [6, 6.07) is 13.4. The summed E-state index contributed by atoms with van der Waals surface area (Å²) in [4.78, 5) is 6.14. The fourth-order valence-electron chi connectivity index (χ4n) is 4.82. The standard InChI is InChI=1S/C30H31NOS2/c1-8-33-25-10-9-19(14-23(25)30(5,6)7)29-28-22-15-24-21(20(13-17(2)3)18(4)32-24)16-27(22)34-26(28)11-12-31-29/h8-12,14-17H,1,13H2,2-7H3. The van der Waals surface area contributed by atoms with Crippen LogP contribution in [0.5, 0.6) is 0 Å². The normalized spacial score (nSPS) is 12.4. The molecule has 2 aromatic carbocycles. The quantitative estimate of drug-likeness (QED) is 0.232. The maximum absolute atomic E-state index is 6.25. The topological polar surface area (TPSA) is 26.0 Å². The van der Waals surface area contributed by atoms with Crippen molar-refractivity contribution in [1.29, 1.82) is 0 Å². The van der Waals surface area contributed by atoms with Crippen molar-refractivity contribution in [1.82, 2.24) is 4.98 Å². The molecule has 5 aromatic rings. The molecule has 34 heavy (non-hydrogen) atoms. The van der Waals surface area contributed by atoms with Crippen molar-refractivity contribution < 1.29 is 4.42 Å². The van der Waals surface area contributed by atoms with Crippen LogP contribution in [0.15, 0.2) is 63.9 Å². The van der Waals surface area contributed by atoms with Crippen molar-refractivity contribution in [3.8, 4) is 11.3 Å². The lowest BCUT2D eigenvalue weighted by Gasteiger charge is -2.23. The van der Waals surface area contributed by atoms with Gasteiger partial charge in [0.05, 0.1) is 5.69 Å². The van der Waals surface area contributed by atoms with Crippen LogP contribution in [0.25, 0.3) is 42.4 Å². The lowest BCUT2D eigenvalue weighted by atomic mass is 9.85. The molecule has 3 aromatic heterocycles. The maximum atomic E-state index is 6.25. The molecular formula is C30H31NOS2. The molecule has 0 radical (unpaired) electrons. The molecular weight excluding hydrogens is 454 g/mol. The van der Waals surface area contributed by atoms with Crippen molar-refractivity contribution in [2.45, 2.75) is 58.3 Å². The molecule has 0 atom stereocenters. The second kappa shape index (κ2) is 8.58. The van der Waals surface area contributed by atoms with Gasteiger partial charge in [0, 0.05) is 47.8 Å². The molecule has 0 saturated heterocycles. The third kappa shape index (κ3) is 3.97. The zero-order chi connectivity index (χ0) is 24.2. The number of thioether (sulfide) groups is 1. The van der Waals surface area contributed by atoms with Gasteiger partial charge in [-0.25, -0.2) is 0 Å². The summed E-state index contributed by atoms with van der Waals surface area (Å²) in [6.07, 6.45) is 2.97. The first-order chi connectivity index (χ1) is 16.2. The average Bonchev–Trinajstić information content (AvgIpc) is 3.28. The van der Waals surface area contributed by atoms with Crippen LogP contribution in [0.1, 0.15) is 51.5 Å². The Morgan fingerprint density at radius 1 is 1.09 bits per heavy atom. The largest absolute Gasteiger partial charge is 0.461 e. The molecule has 0 bridgehead atoms. The first-order valence-electron chi connectivity index (χ1n) is 11.8. The van der Waals surface area contributed by atoms with Crippen molar-refractivity contribution in [2.24, 2.45) is 5.92 Å². The number of pyridine rings is 1. The number of hydrogen-bond acceptors (Lipinski definition) is 4. The van der Waals surface area contributed by atoms with E-state index in [1.165, 1.54) is 41.6 Å². The summed E-state index contributed by atoms with van der Waals surface area (Å²) < 4.78 is 8.80. The van der Waals surface area contributed by atoms with E-state index in [1.807, 2.05) is 22.9 Å². The molecule has 0 saturated carbocycles. The number of aromatic nitrogens is 1. The Morgan fingerprint density at radius 2 is 1.88 bits per heavy atom. The molecule has 0 aliphatic heterocycles. The van der Waals surface area contributed by atoms with Crippen LogP contribution < -0.4 is 0 Å². The first kappa shape index (κ1) is 23.2. The lowest BCUT2D eigenvalue weighted by Crippen LogP contribution is -2.12. The van der Waals surface area contributed by atoms with Gasteiger partial charge in [0.1, 0.15) is 11.3 Å². The Balaban J connectivity index is 1.76. The van der Waals surface area contributed by atoms with Crippen LogP contribution >= 0.6 is 23.1 Å². The minimum absolute atomic E-state index is 0.0244. The van der Waals surface area contributed by atoms with Gasteiger partial charge in [-0.15, -0.1) is 11.3 Å². The van der Waals surface area contributed by atoms with E-state index in [0.29, 0.717) is 5.92 Å². The number of thiophene rings is 1. The van der Waals surface area contributed by atoms with Crippen molar-refractivity contribution in [2.75, 3.05) is 0 Å². The number of rotatable bonds is 5. The van der Waals surface area contributed by atoms with E-state index in [-0.39, 0.29) is 5.41 Å². The Morgan fingerprint density at radius 3 is 2.59 bits per heavy atom. The number of nitrogens with zero attached hydrogens (tertiary/aromatic N) is 1. The Kier molecular flexibility index (Phi) is 5.86. The van der Waals surface area contributed by atoms with Crippen LogP contribution in [0, 0.1) is 12.8 Å². The molecule has 0 aliphatic carbocycles. The van der Waals surface area contributed by atoms with E-state index in [2.05, 4.69) is 84.5 Å². The molecule has 0 fully saturated rings. The highest BCUT2D eigenvalue weighted by Crippen LogP contribution is 2.43. The van der Waals surface area contributed by atoms with Gasteiger partial charge < -0.3 is 4.42 Å². The van der Waals surface area contributed by atoms with Gasteiger partial charge >= 0.3 is 0 Å². The van der Waals surface area contributed by atoms with Gasteiger partial charge in [-0.2, -0.15) is 0 Å². The van der Waals surface area contributed by atoms with Gasteiger partial charge in [0.2, 0.25) is 0 Å². The summed E-state index contributed by atoms with van der Waals surface area (Å²) in [7, 11) is 0. The molecule has 0 unspecified atom stereocenters. The van der Waals surface area contributed by atoms with Crippen molar-refractivity contribution in [3.63, 3.8) is 0 Å². The van der Waals surface area contributed by atoms with Crippen LogP contribution in [0.4, 0.5) is 0 Å². The summed E-state index contributed by atoms with van der Waals surface area (Å²) in [6.45, 7) is 17.3. The summed E-state index contributed by atoms with van der Waals surface area (Å²) in [5, 5.41) is 5.59. The lowest BCUT2D eigenvalue weighted by molar-refractivity contribution is 0.560. The fraction of sp³-hybridized carbons (Fsp3) is 0.300. The predicted molar refractivity (Wildman–Crippen MR) is 150 cm³/mol. The van der Waals surface area contributed by atoms with Gasteiger partial charge in [-0.05, 0) is 66.0 Å². The fourth-order valence-corrected chi connectivity index (χ4v) is 6.76. The number of fused-ring (bicyclic) bond motifs is 4. The first-order valence-corrected chi connectivity index (χ1v) is 13.5. The zero-order valence-corrected chi connectivity index (χ0v) is 22.4. The number of furan rings is 1. The van der Waals surface area contributed by atoms with Crippen LogP contribution in [-0.4, -0.2) is 4.98 Å². The van der Waals surface area contributed by atoms with E-state index in [1.54, 1.807) is 11.8 Å². The highest BCUT2D eigenvalue weighted by molar-refractivity contribution is 8.02. The maximum Gasteiger partial charge on any atom is 0.135 e. The van der Waals surface area contributed by atoms with Gasteiger partial charge in [-0.3, -0.25) is 4.98 Å². The van der Waals surface area contributed by atoms with Gasteiger partial charge in [0.15, 0.2) is 0 Å². The van der Waals surface area contributed by atoms with Crippen molar-refractivity contribution in [3.05, 3.63) is 71.5 Å². The van der Waals surface area contributed by atoms with E-state index < -0.39 is 0 Å². The molecule has 0 spiro atoms. The monoisotopic (exact) mass is 485 g/mol. The number of hydrogen-bond donors (Lipinski definition) is 0. The van der Waals surface area contributed by atoms with E-state index in [4.69, 9.17) is 9.40 Å². The van der Waals surface area contributed by atoms with Crippen LogP contribution in [0.3, 0.4) is 0 Å². The van der Waals surface area contributed by atoms with Crippen LogP contribution in [-0.2, 0) is 11.8 Å².